The highest BCUT2D eigenvalue weighted by Gasteiger charge is 2.18. The van der Waals surface area contributed by atoms with Crippen molar-refractivity contribution in [3.8, 4) is 0 Å². The van der Waals surface area contributed by atoms with E-state index in [1.54, 1.807) is 4.57 Å². The molecule has 34 heavy (non-hydrogen) atoms. The van der Waals surface area contributed by atoms with Crippen molar-refractivity contribution in [2.45, 2.75) is 30.5 Å². The Balaban J connectivity index is 1.31. The number of para-hydroxylation sites is 2. The summed E-state index contributed by atoms with van der Waals surface area (Å²) in [4.78, 5) is 28.6. The van der Waals surface area contributed by atoms with Crippen LogP contribution in [0.5, 0.6) is 0 Å². The van der Waals surface area contributed by atoms with E-state index in [1.165, 1.54) is 11.8 Å². The van der Waals surface area contributed by atoms with Gasteiger partial charge in [-0.1, -0.05) is 84.6 Å². The van der Waals surface area contributed by atoms with Crippen LogP contribution in [0, 0.1) is 0 Å². The van der Waals surface area contributed by atoms with Crippen molar-refractivity contribution >= 4 is 34.7 Å². The summed E-state index contributed by atoms with van der Waals surface area (Å²) in [5.74, 6) is -0.151. The van der Waals surface area contributed by atoms with Crippen LogP contribution in [-0.2, 0) is 16.1 Å². The number of nitrogens with one attached hydrogen (secondary N) is 1. The number of carboxylic acids is 1. The monoisotopic (exact) mass is 473 g/mol. The molecule has 0 aliphatic rings. The molecule has 7 heteroatoms. The third-order valence-corrected chi connectivity index (χ3v) is 6.64. The second kappa shape index (κ2) is 11.5. The van der Waals surface area contributed by atoms with Crippen molar-refractivity contribution in [1.82, 2.24) is 14.9 Å². The third kappa shape index (κ3) is 6.05. The number of carbonyl (C=O) groups excluding carboxylic acids is 1. The van der Waals surface area contributed by atoms with Crippen molar-refractivity contribution in [2.75, 3.05) is 12.3 Å². The molecule has 0 atom stereocenters. The summed E-state index contributed by atoms with van der Waals surface area (Å²) in [7, 11) is 0. The summed E-state index contributed by atoms with van der Waals surface area (Å²) < 4.78 is 1.73. The van der Waals surface area contributed by atoms with E-state index in [1.807, 2.05) is 60.7 Å². The molecule has 0 saturated carbocycles. The van der Waals surface area contributed by atoms with Gasteiger partial charge in [0.25, 0.3) is 0 Å². The molecule has 0 aliphatic heterocycles. The molecule has 0 bridgehead atoms. The van der Waals surface area contributed by atoms with Gasteiger partial charge in [-0.05, 0) is 29.7 Å². The van der Waals surface area contributed by atoms with E-state index >= 15 is 0 Å². The maximum absolute atomic E-state index is 12.7. The highest BCUT2D eigenvalue weighted by atomic mass is 32.2. The number of imidazole rings is 1. The van der Waals surface area contributed by atoms with Gasteiger partial charge in [0.05, 0.1) is 11.0 Å². The average molecular weight is 474 g/mol. The van der Waals surface area contributed by atoms with Crippen LogP contribution in [0.15, 0.2) is 90.1 Å². The predicted molar refractivity (Wildman–Crippen MR) is 135 cm³/mol. The molecule has 6 nitrogen and oxygen atoms in total. The number of thioether (sulfide) groups is 1. The van der Waals surface area contributed by atoms with E-state index in [9.17, 15) is 14.7 Å². The lowest BCUT2D eigenvalue weighted by Gasteiger charge is -2.18. The summed E-state index contributed by atoms with van der Waals surface area (Å²) in [6, 6.07) is 27.7. The molecule has 0 radical (unpaired) electrons. The zero-order valence-electron chi connectivity index (χ0n) is 18.8. The number of nitrogens with zero attached hydrogens (tertiary/aromatic N) is 2. The van der Waals surface area contributed by atoms with Gasteiger partial charge in [0.15, 0.2) is 5.16 Å². The van der Waals surface area contributed by atoms with Crippen molar-refractivity contribution in [3.05, 3.63) is 96.1 Å². The summed E-state index contributed by atoms with van der Waals surface area (Å²) in [6.45, 7) is 0.432. The van der Waals surface area contributed by atoms with Crippen LogP contribution in [-0.4, -0.2) is 38.8 Å². The third-order valence-electron chi connectivity index (χ3n) is 5.58. The molecule has 3 aromatic carbocycles. The quantitative estimate of drug-likeness (QED) is 0.238. The average Bonchev–Trinajstić information content (AvgIpc) is 3.20. The summed E-state index contributed by atoms with van der Waals surface area (Å²) in [5.41, 5.74) is 3.84. The molecule has 0 saturated heterocycles. The topological polar surface area (TPSA) is 84.2 Å². The van der Waals surface area contributed by atoms with Crippen molar-refractivity contribution < 1.29 is 14.7 Å². The molecule has 4 aromatic rings. The molecule has 0 unspecified atom stereocenters. The smallest absolute Gasteiger partial charge is 0.323 e. The van der Waals surface area contributed by atoms with Gasteiger partial charge in [0.1, 0.15) is 6.54 Å². The number of hydrogen-bond donors (Lipinski definition) is 2. The van der Waals surface area contributed by atoms with Crippen LogP contribution in [0.2, 0.25) is 0 Å². The Morgan fingerprint density at radius 2 is 1.53 bits per heavy atom. The van der Waals surface area contributed by atoms with E-state index in [2.05, 4.69) is 34.6 Å². The predicted octanol–water partition coefficient (Wildman–Crippen LogP) is 4.94. The molecule has 174 valence electrons. The van der Waals surface area contributed by atoms with Crippen LogP contribution in [0.1, 0.15) is 29.9 Å². The van der Waals surface area contributed by atoms with Crippen molar-refractivity contribution in [1.29, 1.82) is 0 Å². The molecule has 1 aromatic heterocycles. The Morgan fingerprint density at radius 3 is 2.18 bits per heavy atom. The Bertz CT molecular complexity index is 1200. The van der Waals surface area contributed by atoms with Gasteiger partial charge in [0, 0.05) is 24.6 Å². The summed E-state index contributed by atoms with van der Waals surface area (Å²) >= 11 is 1.51. The van der Waals surface area contributed by atoms with Gasteiger partial charge in [-0.25, -0.2) is 4.98 Å². The second-order valence-electron chi connectivity index (χ2n) is 7.99. The van der Waals surface area contributed by atoms with E-state index < -0.39 is 5.97 Å². The first-order valence-corrected chi connectivity index (χ1v) is 12.3. The number of rotatable bonds is 11. The number of aromatic nitrogens is 2. The first kappa shape index (κ1) is 23.6. The number of carbonyl (C=O) groups is 2. The van der Waals surface area contributed by atoms with Gasteiger partial charge in [-0.2, -0.15) is 0 Å². The minimum atomic E-state index is -0.899. The fraction of sp³-hybridized carbons (Fsp3) is 0.222. The minimum absolute atomic E-state index is 0.00713. The van der Waals surface area contributed by atoms with Gasteiger partial charge in [-0.15, -0.1) is 0 Å². The molecule has 0 spiro atoms. The number of hydrogen-bond acceptors (Lipinski definition) is 4. The first-order chi connectivity index (χ1) is 16.6. The van der Waals surface area contributed by atoms with Crippen molar-refractivity contribution in [3.63, 3.8) is 0 Å². The number of aliphatic carboxylic acids is 1. The van der Waals surface area contributed by atoms with Crippen LogP contribution in [0.25, 0.3) is 11.0 Å². The van der Waals surface area contributed by atoms with Gasteiger partial charge in [-0.3, -0.25) is 9.59 Å². The Hall–Kier alpha value is -3.58. The normalized spacial score (nSPS) is 11.1. The maximum atomic E-state index is 12.7. The zero-order chi connectivity index (χ0) is 23.8. The molecule has 1 heterocycles. The van der Waals surface area contributed by atoms with Crippen molar-refractivity contribution in [2.24, 2.45) is 0 Å². The van der Waals surface area contributed by atoms with E-state index in [-0.39, 0.29) is 18.4 Å². The van der Waals surface area contributed by atoms with Crippen LogP contribution >= 0.6 is 11.8 Å². The lowest BCUT2D eigenvalue weighted by molar-refractivity contribution is -0.137. The Labute approximate surface area is 203 Å². The van der Waals surface area contributed by atoms with Crippen LogP contribution in [0.3, 0.4) is 0 Å². The van der Waals surface area contributed by atoms with Gasteiger partial charge in [0.2, 0.25) is 5.91 Å². The SMILES string of the molecule is O=C(O)Cn1c(SCCCNC(=O)CC(c2ccccc2)c2ccccc2)nc2ccccc21. The lowest BCUT2D eigenvalue weighted by atomic mass is 9.88. The summed E-state index contributed by atoms with van der Waals surface area (Å²) in [5, 5.41) is 13.0. The fourth-order valence-corrected chi connectivity index (χ4v) is 4.92. The molecule has 2 N–H and O–H groups in total. The fourth-order valence-electron chi connectivity index (χ4n) is 3.97. The lowest BCUT2D eigenvalue weighted by Crippen LogP contribution is -2.26. The number of carboxylic acid groups (broad SMARTS) is 1. The first-order valence-electron chi connectivity index (χ1n) is 11.3. The number of benzene rings is 3. The molecule has 1 amide bonds. The summed E-state index contributed by atoms with van der Waals surface area (Å²) in [6.07, 6.45) is 1.14. The second-order valence-corrected chi connectivity index (χ2v) is 9.06. The van der Waals surface area contributed by atoms with Gasteiger partial charge >= 0.3 is 5.97 Å². The van der Waals surface area contributed by atoms with Gasteiger partial charge < -0.3 is 15.0 Å². The van der Waals surface area contributed by atoms with Crippen LogP contribution in [0.4, 0.5) is 0 Å². The van der Waals surface area contributed by atoms with E-state index in [0.29, 0.717) is 18.1 Å². The Morgan fingerprint density at radius 1 is 0.912 bits per heavy atom. The molecular weight excluding hydrogens is 446 g/mol. The van der Waals surface area contributed by atoms with E-state index in [4.69, 9.17) is 0 Å². The minimum Gasteiger partial charge on any atom is -0.480 e. The molecule has 4 rings (SSSR count). The number of amides is 1. The van der Waals surface area contributed by atoms with Crippen LogP contribution < -0.4 is 5.32 Å². The molecular formula is C27H27N3O3S. The highest BCUT2D eigenvalue weighted by Crippen LogP contribution is 2.28. The largest absolute Gasteiger partial charge is 0.480 e. The highest BCUT2D eigenvalue weighted by molar-refractivity contribution is 7.99. The Kier molecular flexibility index (Phi) is 7.99. The van der Waals surface area contributed by atoms with E-state index in [0.717, 1.165) is 34.3 Å². The molecule has 0 fully saturated rings. The molecule has 0 aliphatic carbocycles. The zero-order valence-corrected chi connectivity index (χ0v) is 19.6. The standard InChI is InChI=1S/C27H27N3O3S/c31-25(18-22(20-10-3-1-4-11-20)21-12-5-2-6-13-21)28-16-9-17-34-27-29-23-14-7-8-15-24(23)30(27)19-26(32)33/h1-8,10-15,22H,9,16-19H2,(H,28,31)(H,32,33). The number of fused-ring (bicyclic) bond motifs is 1. The maximum Gasteiger partial charge on any atom is 0.323 e.